The third-order valence-corrected chi connectivity index (χ3v) is 3.37. The van der Waals surface area contributed by atoms with Crippen LogP contribution in [0.2, 0.25) is 0 Å². The Morgan fingerprint density at radius 1 is 1.37 bits per heavy atom. The topological polar surface area (TPSA) is 77.8 Å². The highest BCUT2D eigenvalue weighted by Gasteiger charge is 2.21. The quantitative estimate of drug-likeness (QED) is 0.914. The molecule has 0 aliphatic rings. The molecule has 0 spiro atoms. The van der Waals surface area contributed by atoms with Gasteiger partial charge in [-0.05, 0) is 31.4 Å². The zero-order valence-electron chi connectivity index (χ0n) is 11.8. The second-order valence-corrected chi connectivity index (χ2v) is 5.00. The number of nitrogens with zero attached hydrogens (tertiary/aromatic N) is 3. The maximum absolute atomic E-state index is 6.00. The van der Waals surface area contributed by atoms with Gasteiger partial charge in [-0.15, -0.1) is 0 Å². The molecule has 102 valence electrons. The lowest BCUT2D eigenvalue weighted by atomic mass is 10.0. The molecule has 0 saturated carbocycles. The summed E-state index contributed by atoms with van der Waals surface area (Å²) in [4.78, 5) is 8.79. The van der Waals surface area contributed by atoms with Gasteiger partial charge in [-0.1, -0.05) is 25.1 Å². The molecular formula is C14H20N4O. The van der Waals surface area contributed by atoms with Crippen molar-refractivity contribution in [2.24, 2.45) is 5.73 Å². The van der Waals surface area contributed by atoms with Crippen LogP contribution in [0.1, 0.15) is 43.2 Å². The molecule has 0 amide bonds. The predicted molar refractivity (Wildman–Crippen MR) is 73.7 cm³/mol. The van der Waals surface area contributed by atoms with Crippen LogP contribution in [0.3, 0.4) is 0 Å². The molecule has 2 rings (SSSR count). The van der Waals surface area contributed by atoms with Gasteiger partial charge in [-0.25, -0.2) is 0 Å². The SMILES string of the molecule is CCC(N)C(C)c1nc(-c2ncc(C)cc2C)no1. The zero-order valence-corrected chi connectivity index (χ0v) is 11.8. The molecule has 0 aliphatic heterocycles. The van der Waals surface area contributed by atoms with Crippen LogP contribution in [-0.4, -0.2) is 21.2 Å². The van der Waals surface area contributed by atoms with E-state index in [1.807, 2.05) is 27.7 Å². The Morgan fingerprint density at radius 2 is 2.11 bits per heavy atom. The number of rotatable bonds is 4. The average Bonchev–Trinajstić information content (AvgIpc) is 2.86. The predicted octanol–water partition coefficient (Wildman–Crippen LogP) is 2.59. The number of hydrogen-bond donors (Lipinski definition) is 1. The third kappa shape index (κ3) is 2.81. The minimum Gasteiger partial charge on any atom is -0.339 e. The first-order chi connectivity index (χ1) is 9.02. The lowest BCUT2D eigenvalue weighted by molar-refractivity contribution is 0.340. The highest BCUT2D eigenvalue weighted by molar-refractivity contribution is 5.54. The summed E-state index contributed by atoms with van der Waals surface area (Å²) in [5.41, 5.74) is 8.92. The van der Waals surface area contributed by atoms with Crippen molar-refractivity contribution >= 4 is 0 Å². The van der Waals surface area contributed by atoms with Gasteiger partial charge >= 0.3 is 0 Å². The highest BCUT2D eigenvalue weighted by atomic mass is 16.5. The zero-order chi connectivity index (χ0) is 14.0. The van der Waals surface area contributed by atoms with Gasteiger partial charge in [0.1, 0.15) is 5.69 Å². The van der Waals surface area contributed by atoms with Gasteiger partial charge in [0, 0.05) is 12.2 Å². The number of hydrogen-bond acceptors (Lipinski definition) is 5. The van der Waals surface area contributed by atoms with E-state index in [9.17, 15) is 0 Å². The second-order valence-electron chi connectivity index (χ2n) is 5.00. The van der Waals surface area contributed by atoms with E-state index < -0.39 is 0 Å². The summed E-state index contributed by atoms with van der Waals surface area (Å²) in [7, 11) is 0. The van der Waals surface area contributed by atoms with Crippen molar-refractivity contribution in [2.45, 2.75) is 46.1 Å². The van der Waals surface area contributed by atoms with Crippen LogP contribution in [0.15, 0.2) is 16.8 Å². The number of nitrogens with two attached hydrogens (primary N) is 1. The molecule has 2 atom stereocenters. The van der Waals surface area contributed by atoms with E-state index in [-0.39, 0.29) is 12.0 Å². The van der Waals surface area contributed by atoms with Crippen LogP contribution in [0.25, 0.3) is 11.5 Å². The molecule has 2 aromatic heterocycles. The number of pyridine rings is 1. The van der Waals surface area contributed by atoms with E-state index in [1.54, 1.807) is 6.20 Å². The molecule has 2 N–H and O–H groups in total. The molecule has 0 saturated heterocycles. The summed E-state index contributed by atoms with van der Waals surface area (Å²) < 4.78 is 5.31. The molecule has 19 heavy (non-hydrogen) atoms. The molecule has 5 heteroatoms. The van der Waals surface area contributed by atoms with Crippen molar-refractivity contribution in [3.63, 3.8) is 0 Å². The Morgan fingerprint density at radius 3 is 2.74 bits per heavy atom. The van der Waals surface area contributed by atoms with E-state index >= 15 is 0 Å². The van der Waals surface area contributed by atoms with Gasteiger partial charge in [0.2, 0.25) is 11.7 Å². The fourth-order valence-corrected chi connectivity index (χ4v) is 2.00. The summed E-state index contributed by atoms with van der Waals surface area (Å²) in [6.45, 7) is 8.05. The molecule has 0 bridgehead atoms. The number of aromatic nitrogens is 3. The first kappa shape index (κ1) is 13.7. The Hall–Kier alpha value is -1.75. The summed E-state index contributed by atoms with van der Waals surface area (Å²) >= 11 is 0. The van der Waals surface area contributed by atoms with E-state index in [2.05, 4.69) is 21.2 Å². The molecule has 0 radical (unpaired) electrons. The molecular weight excluding hydrogens is 240 g/mol. The maximum atomic E-state index is 6.00. The highest BCUT2D eigenvalue weighted by Crippen LogP contribution is 2.23. The normalized spacial score (nSPS) is 14.4. The van der Waals surface area contributed by atoms with Crippen molar-refractivity contribution in [1.29, 1.82) is 0 Å². The average molecular weight is 260 g/mol. The minimum absolute atomic E-state index is 0.0281. The van der Waals surface area contributed by atoms with Crippen LogP contribution in [0, 0.1) is 13.8 Å². The summed E-state index contributed by atoms with van der Waals surface area (Å²) in [5, 5.41) is 4.01. The first-order valence-corrected chi connectivity index (χ1v) is 6.55. The van der Waals surface area contributed by atoms with Gasteiger partial charge in [0.25, 0.3) is 0 Å². The fourth-order valence-electron chi connectivity index (χ4n) is 2.00. The van der Waals surface area contributed by atoms with Crippen LogP contribution < -0.4 is 5.73 Å². The van der Waals surface area contributed by atoms with Gasteiger partial charge in [-0.2, -0.15) is 4.98 Å². The van der Waals surface area contributed by atoms with E-state index in [0.29, 0.717) is 11.7 Å². The van der Waals surface area contributed by atoms with Crippen molar-refractivity contribution in [2.75, 3.05) is 0 Å². The van der Waals surface area contributed by atoms with E-state index in [4.69, 9.17) is 10.3 Å². The van der Waals surface area contributed by atoms with Crippen LogP contribution in [-0.2, 0) is 0 Å². The van der Waals surface area contributed by atoms with Crippen LogP contribution in [0.5, 0.6) is 0 Å². The van der Waals surface area contributed by atoms with Gasteiger partial charge in [-0.3, -0.25) is 4.98 Å². The largest absolute Gasteiger partial charge is 0.339 e. The summed E-state index contributed by atoms with van der Waals surface area (Å²) in [5.74, 6) is 1.16. The molecule has 0 fully saturated rings. The molecule has 2 heterocycles. The fraction of sp³-hybridized carbons (Fsp3) is 0.500. The van der Waals surface area contributed by atoms with E-state index in [1.165, 1.54) is 0 Å². The summed E-state index contributed by atoms with van der Waals surface area (Å²) in [6.07, 6.45) is 2.68. The molecule has 2 unspecified atom stereocenters. The maximum Gasteiger partial charge on any atom is 0.231 e. The Balaban J connectivity index is 2.30. The monoisotopic (exact) mass is 260 g/mol. The van der Waals surface area contributed by atoms with Crippen LogP contribution in [0.4, 0.5) is 0 Å². The third-order valence-electron chi connectivity index (χ3n) is 3.37. The van der Waals surface area contributed by atoms with Crippen molar-refractivity contribution in [1.82, 2.24) is 15.1 Å². The van der Waals surface area contributed by atoms with E-state index in [0.717, 1.165) is 23.2 Å². The first-order valence-electron chi connectivity index (χ1n) is 6.55. The molecule has 5 nitrogen and oxygen atoms in total. The Bertz CT molecular complexity index is 564. The van der Waals surface area contributed by atoms with Gasteiger partial charge < -0.3 is 10.3 Å². The Labute approximate surface area is 113 Å². The molecule has 2 aromatic rings. The molecule has 0 aromatic carbocycles. The van der Waals surface area contributed by atoms with Crippen molar-refractivity contribution < 1.29 is 4.52 Å². The van der Waals surface area contributed by atoms with Crippen molar-refractivity contribution in [3.05, 3.63) is 29.3 Å². The molecule has 0 aliphatic carbocycles. The number of aryl methyl sites for hydroxylation is 2. The Kier molecular flexibility index (Phi) is 3.95. The van der Waals surface area contributed by atoms with Gasteiger partial charge in [0.05, 0.1) is 5.92 Å². The van der Waals surface area contributed by atoms with Gasteiger partial charge in [0.15, 0.2) is 0 Å². The standard InChI is InChI=1S/C14H20N4O/c1-5-11(15)10(4)14-17-13(18-19-14)12-9(3)6-8(2)7-16-12/h6-7,10-11H,5,15H2,1-4H3. The van der Waals surface area contributed by atoms with Crippen LogP contribution >= 0.6 is 0 Å². The second kappa shape index (κ2) is 5.48. The lowest BCUT2D eigenvalue weighted by Gasteiger charge is -2.13. The lowest BCUT2D eigenvalue weighted by Crippen LogP contribution is -2.25. The summed E-state index contributed by atoms with van der Waals surface area (Å²) in [6, 6.07) is 2.08. The van der Waals surface area contributed by atoms with Crippen molar-refractivity contribution in [3.8, 4) is 11.5 Å². The minimum atomic E-state index is 0.0281. The smallest absolute Gasteiger partial charge is 0.231 e.